The van der Waals surface area contributed by atoms with Crippen molar-refractivity contribution in [2.45, 2.75) is 24.7 Å². The number of pyridine rings is 1. The van der Waals surface area contributed by atoms with Crippen molar-refractivity contribution in [2.24, 2.45) is 0 Å². The van der Waals surface area contributed by atoms with Crippen LogP contribution in [0.2, 0.25) is 0 Å². The van der Waals surface area contributed by atoms with Crippen LogP contribution in [0.5, 0.6) is 0 Å². The summed E-state index contributed by atoms with van der Waals surface area (Å²) in [6.07, 6.45) is -0.0846. The summed E-state index contributed by atoms with van der Waals surface area (Å²) >= 11 is 0. The Morgan fingerprint density at radius 3 is 2.10 bits per heavy atom. The molecule has 1 aromatic rings. The maximum atomic E-state index is 15.0. The number of amides is 2. The molecule has 0 N–H and O–H groups in total. The minimum absolute atomic E-state index is 0.0423. The number of nitrogens with zero attached hydrogens (tertiary/aromatic N) is 4. The van der Waals surface area contributed by atoms with Crippen molar-refractivity contribution < 1.29 is 31.2 Å². The standard InChI is InChI=1S/C17H21F3N4O4S/c1-2-22-5-7-23(8-6-22)17-14(19)15(13(18)16(20)21-17)29(27,28)10-9-24-11(25)3-4-12(24)26/h2-10H2,1H3. The third-order valence-electron chi connectivity index (χ3n) is 5.15. The van der Waals surface area contributed by atoms with Crippen molar-refractivity contribution in [3.05, 3.63) is 17.6 Å². The molecular formula is C17H21F3N4O4S. The van der Waals surface area contributed by atoms with Gasteiger partial charge < -0.3 is 9.80 Å². The molecule has 3 rings (SSSR count). The Bertz CT molecular complexity index is 917. The molecule has 0 saturated carbocycles. The number of hydrogen-bond donors (Lipinski definition) is 0. The summed E-state index contributed by atoms with van der Waals surface area (Å²) in [6.45, 7) is 3.81. The molecule has 0 atom stereocenters. The number of likely N-dealkylation sites (tertiary alicyclic amines) is 1. The number of aromatic nitrogens is 1. The van der Waals surface area contributed by atoms with Crippen LogP contribution in [0.4, 0.5) is 19.0 Å². The van der Waals surface area contributed by atoms with Gasteiger partial charge in [-0.15, -0.1) is 0 Å². The molecule has 8 nitrogen and oxygen atoms in total. The van der Waals surface area contributed by atoms with Gasteiger partial charge in [-0.1, -0.05) is 6.92 Å². The maximum absolute atomic E-state index is 15.0. The van der Waals surface area contributed by atoms with Gasteiger partial charge in [-0.25, -0.2) is 17.2 Å². The number of anilines is 1. The van der Waals surface area contributed by atoms with E-state index in [1.807, 2.05) is 6.92 Å². The van der Waals surface area contributed by atoms with E-state index >= 15 is 0 Å². The molecule has 3 heterocycles. The minimum Gasteiger partial charge on any atom is -0.351 e. The lowest BCUT2D eigenvalue weighted by molar-refractivity contribution is -0.137. The van der Waals surface area contributed by atoms with Gasteiger partial charge in [-0.05, 0) is 6.54 Å². The summed E-state index contributed by atoms with van der Waals surface area (Å²) in [5.74, 6) is -7.67. The average Bonchev–Trinajstić information content (AvgIpc) is 3.01. The molecule has 2 aliphatic heterocycles. The monoisotopic (exact) mass is 434 g/mol. The molecule has 1 aromatic heterocycles. The maximum Gasteiger partial charge on any atom is 0.252 e. The summed E-state index contributed by atoms with van der Waals surface area (Å²) in [5.41, 5.74) is 0. The lowest BCUT2D eigenvalue weighted by atomic mass is 10.3. The molecule has 2 amide bonds. The average molecular weight is 434 g/mol. The Labute approximate surface area is 166 Å². The van der Waals surface area contributed by atoms with Crippen molar-refractivity contribution in [1.82, 2.24) is 14.8 Å². The van der Waals surface area contributed by atoms with E-state index in [0.717, 1.165) is 11.4 Å². The predicted octanol–water partition coefficient (Wildman–Crippen LogP) is 0.563. The lowest BCUT2D eigenvalue weighted by Gasteiger charge is -2.35. The van der Waals surface area contributed by atoms with Crippen molar-refractivity contribution in [2.75, 3.05) is 49.9 Å². The molecule has 0 spiro atoms. The second kappa shape index (κ2) is 8.27. The number of carbonyl (C=O) groups excluding carboxylic acids is 2. The minimum atomic E-state index is -4.67. The third kappa shape index (κ3) is 4.22. The van der Waals surface area contributed by atoms with E-state index in [-0.39, 0.29) is 25.9 Å². The quantitative estimate of drug-likeness (QED) is 0.477. The van der Waals surface area contributed by atoms with Gasteiger partial charge in [0.2, 0.25) is 11.8 Å². The normalized spacial score (nSPS) is 18.8. The topological polar surface area (TPSA) is 90.9 Å². The van der Waals surface area contributed by atoms with Crippen LogP contribution in [0.25, 0.3) is 0 Å². The summed E-state index contributed by atoms with van der Waals surface area (Å²) < 4.78 is 68.4. The molecular weight excluding hydrogens is 413 g/mol. The van der Waals surface area contributed by atoms with Crippen LogP contribution in [0.1, 0.15) is 19.8 Å². The molecule has 0 aliphatic carbocycles. The Balaban J connectivity index is 1.89. The first-order chi connectivity index (χ1) is 13.7. The molecule has 160 valence electrons. The van der Waals surface area contributed by atoms with Gasteiger partial charge in [0.1, 0.15) is 4.90 Å². The first-order valence-electron chi connectivity index (χ1n) is 9.23. The number of sulfone groups is 1. The predicted molar refractivity (Wildman–Crippen MR) is 96.4 cm³/mol. The van der Waals surface area contributed by atoms with Crippen molar-refractivity contribution >= 4 is 27.5 Å². The van der Waals surface area contributed by atoms with Crippen LogP contribution < -0.4 is 4.90 Å². The van der Waals surface area contributed by atoms with Crippen LogP contribution in [0.3, 0.4) is 0 Å². The van der Waals surface area contributed by atoms with E-state index in [0.29, 0.717) is 13.1 Å². The molecule has 2 aliphatic rings. The second-order valence-corrected chi connectivity index (χ2v) is 8.91. The number of halogens is 3. The summed E-state index contributed by atoms with van der Waals surface area (Å²) in [5, 5.41) is 0. The van der Waals surface area contributed by atoms with Gasteiger partial charge in [-0.3, -0.25) is 14.5 Å². The first kappa shape index (κ1) is 21.5. The van der Waals surface area contributed by atoms with E-state index in [4.69, 9.17) is 0 Å². The number of rotatable bonds is 6. The van der Waals surface area contributed by atoms with Crippen molar-refractivity contribution in [3.63, 3.8) is 0 Å². The molecule has 29 heavy (non-hydrogen) atoms. The van der Waals surface area contributed by atoms with Crippen LogP contribution in [-0.4, -0.2) is 80.0 Å². The van der Waals surface area contributed by atoms with Crippen molar-refractivity contribution in [3.8, 4) is 0 Å². The Morgan fingerprint density at radius 1 is 0.966 bits per heavy atom. The Hall–Kier alpha value is -2.21. The number of carbonyl (C=O) groups is 2. The second-order valence-electron chi connectivity index (χ2n) is 6.86. The summed E-state index contributed by atoms with van der Waals surface area (Å²) in [4.78, 5) is 29.3. The summed E-state index contributed by atoms with van der Waals surface area (Å²) in [6, 6.07) is 0. The highest BCUT2D eigenvalue weighted by molar-refractivity contribution is 7.91. The summed E-state index contributed by atoms with van der Waals surface area (Å²) in [7, 11) is -4.67. The molecule has 12 heteroatoms. The van der Waals surface area contributed by atoms with Gasteiger partial charge >= 0.3 is 0 Å². The molecule has 0 aromatic carbocycles. The highest BCUT2D eigenvalue weighted by Crippen LogP contribution is 2.29. The van der Waals surface area contributed by atoms with Crippen LogP contribution in [-0.2, 0) is 19.4 Å². The van der Waals surface area contributed by atoms with Crippen LogP contribution in [0, 0.1) is 17.6 Å². The fraction of sp³-hybridized carbons (Fsp3) is 0.588. The van der Waals surface area contributed by atoms with Gasteiger partial charge in [0.25, 0.3) is 5.95 Å². The molecule has 2 saturated heterocycles. The zero-order valence-corrected chi connectivity index (χ0v) is 16.6. The fourth-order valence-electron chi connectivity index (χ4n) is 3.43. The molecule has 0 unspecified atom stereocenters. The van der Waals surface area contributed by atoms with E-state index < -0.39 is 62.2 Å². The smallest absolute Gasteiger partial charge is 0.252 e. The lowest BCUT2D eigenvalue weighted by Crippen LogP contribution is -2.47. The number of likely N-dealkylation sites (N-methyl/N-ethyl adjacent to an activating group) is 1. The molecule has 0 radical (unpaired) electrons. The molecule has 0 bridgehead atoms. The highest BCUT2D eigenvalue weighted by Gasteiger charge is 2.35. The fourth-order valence-corrected chi connectivity index (χ4v) is 4.78. The number of piperazine rings is 1. The highest BCUT2D eigenvalue weighted by atomic mass is 32.2. The SMILES string of the molecule is CCN1CCN(c2nc(F)c(F)c(S(=O)(=O)CCN3C(=O)CCC3=O)c2F)CC1. The molecule has 2 fully saturated rings. The Morgan fingerprint density at radius 2 is 1.55 bits per heavy atom. The van der Waals surface area contributed by atoms with Gasteiger partial charge in [0, 0.05) is 45.6 Å². The van der Waals surface area contributed by atoms with Crippen LogP contribution >= 0.6 is 0 Å². The number of imide groups is 1. The Kier molecular flexibility index (Phi) is 6.13. The van der Waals surface area contributed by atoms with E-state index in [9.17, 15) is 31.2 Å². The van der Waals surface area contributed by atoms with Crippen molar-refractivity contribution in [1.29, 1.82) is 0 Å². The van der Waals surface area contributed by atoms with Gasteiger partial charge in [0.05, 0.1) is 5.75 Å². The van der Waals surface area contributed by atoms with Gasteiger partial charge in [0.15, 0.2) is 27.3 Å². The zero-order chi connectivity index (χ0) is 21.3. The van der Waals surface area contributed by atoms with E-state index in [1.54, 1.807) is 0 Å². The first-order valence-corrected chi connectivity index (χ1v) is 10.9. The largest absolute Gasteiger partial charge is 0.351 e. The van der Waals surface area contributed by atoms with E-state index in [1.165, 1.54) is 4.90 Å². The van der Waals surface area contributed by atoms with Crippen LogP contribution in [0.15, 0.2) is 4.90 Å². The number of hydrogen-bond acceptors (Lipinski definition) is 7. The third-order valence-corrected chi connectivity index (χ3v) is 6.85. The zero-order valence-electron chi connectivity index (χ0n) is 15.8. The van der Waals surface area contributed by atoms with E-state index in [2.05, 4.69) is 9.88 Å². The van der Waals surface area contributed by atoms with Gasteiger partial charge in [-0.2, -0.15) is 9.37 Å².